The number of anilines is 1. The van der Waals surface area contributed by atoms with Gasteiger partial charge in [-0.15, -0.1) is 21.5 Å². The molecule has 0 atom stereocenters. The van der Waals surface area contributed by atoms with Crippen molar-refractivity contribution in [1.29, 1.82) is 0 Å². The van der Waals surface area contributed by atoms with Gasteiger partial charge in [-0.1, -0.05) is 11.3 Å². The zero-order valence-electron chi connectivity index (χ0n) is 9.87. The van der Waals surface area contributed by atoms with Gasteiger partial charge in [-0.2, -0.15) is 0 Å². The fraction of sp³-hybridized carbons (Fsp3) is 0.222. The third-order valence-electron chi connectivity index (χ3n) is 2.10. The first kappa shape index (κ1) is 13.9. The number of nitrogens with zero attached hydrogens (tertiary/aromatic N) is 2. The number of carboxylic acids is 1. The van der Waals surface area contributed by atoms with Crippen LogP contribution in [0.1, 0.15) is 20.2 Å². The fourth-order valence-electron chi connectivity index (χ4n) is 1.30. The molecule has 0 saturated carbocycles. The normalized spacial score (nSPS) is 11.5. The molecule has 2 aromatic heterocycles. The molecule has 0 radical (unpaired) electrons. The van der Waals surface area contributed by atoms with Crippen molar-refractivity contribution >= 4 is 43.8 Å². The quantitative estimate of drug-likeness (QED) is 0.888. The van der Waals surface area contributed by atoms with Gasteiger partial charge in [0.15, 0.2) is 0 Å². The van der Waals surface area contributed by atoms with Gasteiger partial charge in [-0.3, -0.25) is 4.72 Å². The van der Waals surface area contributed by atoms with Crippen molar-refractivity contribution < 1.29 is 18.3 Å². The van der Waals surface area contributed by atoms with Crippen LogP contribution in [0.4, 0.5) is 5.13 Å². The predicted octanol–water partition coefficient (Wildman–Crippen LogP) is 1.72. The molecule has 0 unspecified atom stereocenters. The number of carboxylic acid groups (broad SMARTS) is 1. The van der Waals surface area contributed by atoms with E-state index in [1.165, 1.54) is 6.07 Å². The van der Waals surface area contributed by atoms with E-state index in [1.54, 1.807) is 13.8 Å². The van der Waals surface area contributed by atoms with Crippen LogP contribution in [0.2, 0.25) is 0 Å². The van der Waals surface area contributed by atoms with Gasteiger partial charge in [-0.05, 0) is 25.5 Å². The lowest BCUT2D eigenvalue weighted by atomic mass is 10.3. The highest BCUT2D eigenvalue weighted by atomic mass is 32.2. The first-order valence-electron chi connectivity index (χ1n) is 4.96. The molecule has 2 N–H and O–H groups in total. The van der Waals surface area contributed by atoms with Crippen LogP contribution >= 0.6 is 22.7 Å². The van der Waals surface area contributed by atoms with E-state index in [4.69, 9.17) is 5.11 Å². The fourth-order valence-corrected chi connectivity index (χ4v) is 4.50. The summed E-state index contributed by atoms with van der Waals surface area (Å²) in [4.78, 5) is 10.9. The highest BCUT2D eigenvalue weighted by molar-refractivity contribution is 7.94. The van der Waals surface area contributed by atoms with E-state index < -0.39 is 16.0 Å². The van der Waals surface area contributed by atoms with Crippen LogP contribution in [-0.2, 0) is 10.0 Å². The van der Waals surface area contributed by atoms with Crippen molar-refractivity contribution in [3.05, 3.63) is 21.5 Å². The Labute approximate surface area is 117 Å². The minimum Gasteiger partial charge on any atom is -0.477 e. The molecule has 0 aliphatic rings. The number of rotatable bonds is 4. The number of aromatic nitrogens is 2. The molecule has 0 aliphatic heterocycles. The molecule has 0 spiro atoms. The molecule has 2 rings (SSSR count). The van der Waals surface area contributed by atoms with Crippen molar-refractivity contribution in [2.24, 2.45) is 0 Å². The van der Waals surface area contributed by atoms with Gasteiger partial charge in [0.1, 0.15) is 14.1 Å². The number of hydrogen-bond donors (Lipinski definition) is 2. The smallest absolute Gasteiger partial charge is 0.346 e. The van der Waals surface area contributed by atoms with Gasteiger partial charge in [0.25, 0.3) is 10.0 Å². The standard InChI is InChI=1S/C9H9N3O4S3/c1-4-3-6(18-7(4)8(13)14)19(15,16)12-9-11-10-5(2)17-9/h3H,1-2H3,(H,11,12)(H,13,14). The number of aromatic carboxylic acids is 1. The third kappa shape index (κ3) is 2.91. The summed E-state index contributed by atoms with van der Waals surface area (Å²) >= 11 is 1.81. The first-order valence-corrected chi connectivity index (χ1v) is 8.08. The van der Waals surface area contributed by atoms with Gasteiger partial charge in [0, 0.05) is 0 Å². The summed E-state index contributed by atoms with van der Waals surface area (Å²) in [7, 11) is -3.82. The first-order chi connectivity index (χ1) is 8.79. The summed E-state index contributed by atoms with van der Waals surface area (Å²) in [5.74, 6) is -1.14. The molecule has 2 aromatic rings. The molecule has 7 nitrogen and oxygen atoms in total. The lowest BCUT2D eigenvalue weighted by Crippen LogP contribution is -2.11. The van der Waals surface area contributed by atoms with E-state index in [2.05, 4.69) is 14.9 Å². The van der Waals surface area contributed by atoms with Crippen LogP contribution in [0, 0.1) is 13.8 Å². The molecule has 0 bridgehead atoms. The zero-order chi connectivity index (χ0) is 14.2. The van der Waals surface area contributed by atoms with Crippen LogP contribution in [0.25, 0.3) is 0 Å². The van der Waals surface area contributed by atoms with Crippen LogP contribution < -0.4 is 4.72 Å². The average Bonchev–Trinajstić information content (AvgIpc) is 2.84. The molecule has 0 aromatic carbocycles. The third-order valence-corrected chi connectivity index (χ3v) is 6.02. The molecule has 0 amide bonds. The lowest BCUT2D eigenvalue weighted by Gasteiger charge is -2.00. The number of nitrogens with one attached hydrogen (secondary N) is 1. The maximum absolute atomic E-state index is 12.0. The molecular formula is C9H9N3O4S3. The second kappa shape index (κ2) is 4.87. The Balaban J connectivity index is 2.34. The predicted molar refractivity (Wildman–Crippen MR) is 71.5 cm³/mol. The van der Waals surface area contributed by atoms with Crippen molar-refractivity contribution in [2.75, 3.05) is 4.72 Å². The van der Waals surface area contributed by atoms with E-state index in [-0.39, 0.29) is 14.2 Å². The van der Waals surface area contributed by atoms with Crippen molar-refractivity contribution in [1.82, 2.24) is 10.2 Å². The summed E-state index contributed by atoms with van der Waals surface area (Å²) in [6, 6.07) is 1.32. The molecule has 0 saturated heterocycles. The summed E-state index contributed by atoms with van der Waals surface area (Å²) in [6.45, 7) is 3.25. The summed E-state index contributed by atoms with van der Waals surface area (Å²) < 4.78 is 26.3. The van der Waals surface area contributed by atoms with E-state index in [9.17, 15) is 13.2 Å². The van der Waals surface area contributed by atoms with E-state index in [1.807, 2.05) is 0 Å². The minimum absolute atomic E-state index is 0.00817. The van der Waals surface area contributed by atoms with Crippen molar-refractivity contribution in [3.8, 4) is 0 Å². The van der Waals surface area contributed by atoms with E-state index in [0.29, 0.717) is 21.9 Å². The SMILES string of the molecule is Cc1nnc(NS(=O)(=O)c2cc(C)c(C(=O)O)s2)s1. The zero-order valence-corrected chi connectivity index (χ0v) is 12.3. The molecule has 19 heavy (non-hydrogen) atoms. The molecular weight excluding hydrogens is 310 g/mol. The van der Waals surface area contributed by atoms with Crippen molar-refractivity contribution in [2.45, 2.75) is 18.1 Å². The Kier molecular flexibility index (Phi) is 3.56. The Bertz CT molecular complexity index is 732. The summed E-state index contributed by atoms with van der Waals surface area (Å²) in [5, 5.41) is 17.1. The van der Waals surface area contributed by atoms with E-state index in [0.717, 1.165) is 11.3 Å². The summed E-state index contributed by atoms with van der Waals surface area (Å²) in [6.07, 6.45) is 0. The van der Waals surface area contributed by atoms with E-state index >= 15 is 0 Å². The maximum atomic E-state index is 12.0. The maximum Gasteiger partial charge on any atom is 0.346 e. The second-order valence-corrected chi connectivity index (χ2v) is 7.76. The van der Waals surface area contributed by atoms with Crippen LogP contribution in [-0.4, -0.2) is 29.7 Å². The van der Waals surface area contributed by atoms with Crippen LogP contribution in [0.3, 0.4) is 0 Å². The van der Waals surface area contributed by atoms with Gasteiger partial charge < -0.3 is 5.11 Å². The number of carbonyl (C=O) groups is 1. The summed E-state index contributed by atoms with van der Waals surface area (Å²) in [5.41, 5.74) is 0.409. The molecule has 10 heteroatoms. The second-order valence-electron chi connectivity index (χ2n) is 3.61. The largest absolute Gasteiger partial charge is 0.477 e. The number of aryl methyl sites for hydroxylation is 2. The Morgan fingerprint density at radius 3 is 2.47 bits per heavy atom. The molecule has 0 fully saturated rings. The highest BCUT2D eigenvalue weighted by Crippen LogP contribution is 2.28. The number of sulfonamides is 1. The van der Waals surface area contributed by atoms with Gasteiger partial charge in [0.2, 0.25) is 5.13 Å². The highest BCUT2D eigenvalue weighted by Gasteiger charge is 2.22. The monoisotopic (exact) mass is 319 g/mol. The Morgan fingerprint density at radius 2 is 2.00 bits per heavy atom. The minimum atomic E-state index is -3.82. The van der Waals surface area contributed by atoms with Gasteiger partial charge >= 0.3 is 5.97 Å². The van der Waals surface area contributed by atoms with Crippen molar-refractivity contribution in [3.63, 3.8) is 0 Å². The molecule has 2 heterocycles. The average molecular weight is 319 g/mol. The van der Waals surface area contributed by atoms with Gasteiger partial charge in [-0.25, -0.2) is 13.2 Å². The number of thiophene rings is 1. The lowest BCUT2D eigenvalue weighted by molar-refractivity contribution is 0.0701. The Hall–Kier alpha value is -1.52. The number of hydrogen-bond acceptors (Lipinski definition) is 7. The topological polar surface area (TPSA) is 109 Å². The Morgan fingerprint density at radius 1 is 1.32 bits per heavy atom. The molecule has 0 aliphatic carbocycles. The van der Waals surface area contributed by atoms with Crippen LogP contribution in [0.5, 0.6) is 0 Å². The van der Waals surface area contributed by atoms with Gasteiger partial charge in [0.05, 0.1) is 0 Å². The molecule has 102 valence electrons. The van der Waals surface area contributed by atoms with Crippen LogP contribution in [0.15, 0.2) is 10.3 Å².